The van der Waals surface area contributed by atoms with E-state index in [0.29, 0.717) is 0 Å². The lowest BCUT2D eigenvalue weighted by Gasteiger charge is -2.07. The van der Waals surface area contributed by atoms with E-state index in [1.54, 1.807) is 0 Å². The topological polar surface area (TPSA) is 81.0 Å². The second-order valence-electron chi connectivity index (χ2n) is 3.38. The summed E-state index contributed by atoms with van der Waals surface area (Å²) in [6.45, 7) is 0. The Bertz CT molecular complexity index is 653. The van der Waals surface area contributed by atoms with Gasteiger partial charge in [-0.3, -0.25) is 10.1 Å². The van der Waals surface area contributed by atoms with Crippen LogP contribution < -0.4 is 5.32 Å². The van der Waals surface area contributed by atoms with Crippen LogP contribution in [0.2, 0.25) is 10.3 Å². The molecule has 9 heteroatoms. The third-order valence-corrected chi connectivity index (χ3v) is 2.62. The molecule has 19 heavy (non-hydrogen) atoms. The first-order valence-electron chi connectivity index (χ1n) is 4.86. The molecule has 1 N–H and O–H groups in total. The van der Waals surface area contributed by atoms with Crippen LogP contribution in [0, 0.1) is 15.9 Å². The fourth-order valence-electron chi connectivity index (χ4n) is 1.30. The summed E-state index contributed by atoms with van der Waals surface area (Å²) in [6.07, 6.45) is 0.967. The van der Waals surface area contributed by atoms with Crippen LogP contribution in [0.5, 0.6) is 0 Å². The molecule has 2 rings (SSSR count). The van der Waals surface area contributed by atoms with Gasteiger partial charge in [-0.1, -0.05) is 11.6 Å². The molecule has 0 unspecified atom stereocenters. The minimum Gasteiger partial charge on any atom is -0.333 e. The lowest BCUT2D eigenvalue weighted by Crippen LogP contribution is -2.01. The number of halogens is 3. The number of hydrogen-bond donors (Lipinski definition) is 1. The van der Waals surface area contributed by atoms with Crippen LogP contribution in [0.4, 0.5) is 21.6 Å². The molecule has 98 valence electrons. The van der Waals surface area contributed by atoms with E-state index in [1.165, 1.54) is 6.07 Å². The van der Waals surface area contributed by atoms with Crippen molar-refractivity contribution in [1.29, 1.82) is 0 Å². The molecule has 0 saturated heterocycles. The third kappa shape index (κ3) is 3.07. The molecule has 1 heterocycles. The summed E-state index contributed by atoms with van der Waals surface area (Å²) in [5.74, 6) is -0.649. The van der Waals surface area contributed by atoms with Gasteiger partial charge in [0.15, 0.2) is 0 Å². The van der Waals surface area contributed by atoms with Gasteiger partial charge in [0.2, 0.25) is 11.1 Å². The van der Waals surface area contributed by atoms with E-state index in [-0.39, 0.29) is 27.5 Å². The lowest BCUT2D eigenvalue weighted by atomic mass is 10.3. The van der Waals surface area contributed by atoms with Gasteiger partial charge in [0.1, 0.15) is 12.0 Å². The summed E-state index contributed by atoms with van der Waals surface area (Å²) >= 11 is 11.4. The van der Waals surface area contributed by atoms with E-state index >= 15 is 0 Å². The predicted octanol–water partition coefficient (Wildman–Crippen LogP) is 3.57. The maximum atomic E-state index is 12.9. The smallest absolute Gasteiger partial charge is 0.329 e. The SMILES string of the molecule is O=[N+]([O-])c1cnc(Cl)nc1Nc1ccc(F)cc1Cl. The first kappa shape index (κ1) is 13.4. The highest BCUT2D eigenvalue weighted by atomic mass is 35.5. The highest BCUT2D eigenvalue weighted by Crippen LogP contribution is 2.30. The summed E-state index contributed by atoms with van der Waals surface area (Å²) < 4.78 is 12.9. The molecule has 0 aliphatic heterocycles. The van der Waals surface area contributed by atoms with Gasteiger partial charge >= 0.3 is 5.69 Å². The highest BCUT2D eigenvalue weighted by molar-refractivity contribution is 6.33. The van der Waals surface area contributed by atoms with Crippen LogP contribution in [0.25, 0.3) is 0 Å². The van der Waals surface area contributed by atoms with E-state index in [4.69, 9.17) is 23.2 Å². The Balaban J connectivity index is 2.42. The molecule has 1 aromatic heterocycles. The number of nitrogens with one attached hydrogen (secondary N) is 1. The lowest BCUT2D eigenvalue weighted by molar-refractivity contribution is -0.384. The van der Waals surface area contributed by atoms with E-state index in [0.717, 1.165) is 18.3 Å². The van der Waals surface area contributed by atoms with Gasteiger partial charge in [0.25, 0.3) is 0 Å². The Morgan fingerprint density at radius 1 is 1.37 bits per heavy atom. The zero-order valence-corrected chi connectivity index (χ0v) is 10.6. The van der Waals surface area contributed by atoms with Crippen LogP contribution >= 0.6 is 23.2 Å². The predicted molar refractivity (Wildman–Crippen MR) is 68.4 cm³/mol. The fourth-order valence-corrected chi connectivity index (χ4v) is 1.65. The Labute approximate surface area is 116 Å². The van der Waals surface area contributed by atoms with Crippen molar-refractivity contribution < 1.29 is 9.31 Å². The Morgan fingerprint density at radius 2 is 2.11 bits per heavy atom. The van der Waals surface area contributed by atoms with Crippen LogP contribution in [0.3, 0.4) is 0 Å². The second-order valence-corrected chi connectivity index (χ2v) is 4.12. The van der Waals surface area contributed by atoms with Crippen molar-refractivity contribution in [3.05, 3.63) is 50.6 Å². The number of nitro groups is 1. The van der Waals surface area contributed by atoms with Gasteiger partial charge in [-0.2, -0.15) is 4.98 Å². The summed E-state index contributed by atoms with van der Waals surface area (Å²) in [4.78, 5) is 17.4. The fraction of sp³-hybridized carbons (Fsp3) is 0. The molecule has 0 aliphatic carbocycles. The van der Waals surface area contributed by atoms with Gasteiger partial charge in [-0.05, 0) is 29.8 Å². The molecule has 0 atom stereocenters. The molecule has 0 radical (unpaired) electrons. The third-order valence-electron chi connectivity index (χ3n) is 2.12. The van der Waals surface area contributed by atoms with Gasteiger partial charge in [-0.15, -0.1) is 0 Å². The number of aromatic nitrogens is 2. The molecular formula is C10H5Cl2FN4O2. The van der Waals surface area contributed by atoms with Crippen molar-refractivity contribution in [2.24, 2.45) is 0 Å². The van der Waals surface area contributed by atoms with E-state index < -0.39 is 10.7 Å². The number of nitrogens with zero attached hydrogens (tertiary/aromatic N) is 3. The summed E-state index contributed by atoms with van der Waals surface area (Å²) in [5, 5.41) is 13.3. The average molecular weight is 303 g/mol. The van der Waals surface area contributed by atoms with E-state index in [1.807, 2.05) is 0 Å². The molecule has 6 nitrogen and oxygen atoms in total. The van der Waals surface area contributed by atoms with Crippen molar-refractivity contribution in [2.45, 2.75) is 0 Å². The quantitative estimate of drug-likeness (QED) is 0.532. The van der Waals surface area contributed by atoms with Crippen molar-refractivity contribution in [2.75, 3.05) is 5.32 Å². The molecule has 0 amide bonds. The second kappa shape index (κ2) is 5.33. The maximum absolute atomic E-state index is 12.9. The van der Waals surface area contributed by atoms with E-state index in [9.17, 15) is 14.5 Å². The van der Waals surface area contributed by atoms with Gasteiger partial charge in [0, 0.05) is 0 Å². The van der Waals surface area contributed by atoms with Gasteiger partial charge < -0.3 is 5.32 Å². The van der Waals surface area contributed by atoms with Crippen molar-refractivity contribution in [3.63, 3.8) is 0 Å². The first-order chi connectivity index (χ1) is 8.97. The largest absolute Gasteiger partial charge is 0.333 e. The molecular weight excluding hydrogens is 298 g/mol. The van der Waals surface area contributed by atoms with Crippen LogP contribution in [0.1, 0.15) is 0 Å². The zero-order valence-electron chi connectivity index (χ0n) is 9.10. The maximum Gasteiger partial charge on any atom is 0.329 e. The van der Waals surface area contributed by atoms with Crippen LogP contribution in [0.15, 0.2) is 24.4 Å². The Morgan fingerprint density at radius 3 is 2.74 bits per heavy atom. The molecule has 0 aliphatic rings. The van der Waals surface area contributed by atoms with Crippen LogP contribution in [-0.2, 0) is 0 Å². The summed E-state index contributed by atoms with van der Waals surface area (Å²) in [5.41, 5.74) is -0.106. The Hall–Kier alpha value is -1.99. The molecule has 1 aromatic carbocycles. The first-order valence-corrected chi connectivity index (χ1v) is 5.62. The zero-order chi connectivity index (χ0) is 14.0. The number of rotatable bonds is 3. The average Bonchev–Trinajstić information content (AvgIpc) is 2.32. The number of benzene rings is 1. The molecule has 0 spiro atoms. The summed E-state index contributed by atoms with van der Waals surface area (Å²) in [7, 11) is 0. The monoisotopic (exact) mass is 302 g/mol. The normalized spacial score (nSPS) is 10.3. The highest BCUT2D eigenvalue weighted by Gasteiger charge is 2.18. The minimum atomic E-state index is -0.671. The minimum absolute atomic E-state index is 0.0593. The Kier molecular flexibility index (Phi) is 3.77. The van der Waals surface area contributed by atoms with Crippen LogP contribution in [-0.4, -0.2) is 14.9 Å². The van der Waals surface area contributed by atoms with Crippen molar-refractivity contribution in [3.8, 4) is 0 Å². The molecule has 0 saturated carbocycles. The van der Waals surface area contributed by atoms with Gasteiger partial charge in [0.05, 0.1) is 15.6 Å². The molecule has 0 bridgehead atoms. The standard InChI is InChI=1S/C10H5Cl2FN4O2/c11-6-3-5(13)1-2-7(6)15-9-8(17(18)19)4-14-10(12)16-9/h1-4H,(H,14,15,16). The molecule has 0 fully saturated rings. The van der Waals surface area contributed by atoms with Gasteiger partial charge in [-0.25, -0.2) is 9.37 Å². The van der Waals surface area contributed by atoms with Crippen molar-refractivity contribution in [1.82, 2.24) is 9.97 Å². The number of hydrogen-bond acceptors (Lipinski definition) is 5. The van der Waals surface area contributed by atoms with E-state index in [2.05, 4.69) is 15.3 Å². The molecule has 2 aromatic rings. The number of anilines is 2. The van der Waals surface area contributed by atoms with Crippen molar-refractivity contribution >= 4 is 40.4 Å². The summed E-state index contributed by atoms with van der Waals surface area (Å²) in [6, 6.07) is 3.55.